The van der Waals surface area contributed by atoms with Crippen molar-refractivity contribution in [3.05, 3.63) is 52.7 Å². The smallest absolute Gasteiger partial charge is 0.255 e. The molecule has 0 saturated carbocycles. The van der Waals surface area contributed by atoms with Gasteiger partial charge >= 0.3 is 0 Å². The lowest BCUT2D eigenvalue weighted by Crippen LogP contribution is -2.51. The lowest BCUT2D eigenvalue weighted by Gasteiger charge is -2.28. The van der Waals surface area contributed by atoms with Gasteiger partial charge in [-0.25, -0.2) is 4.98 Å². The number of aliphatic hydroxyl groups is 2. The second-order valence-corrected chi connectivity index (χ2v) is 9.31. The van der Waals surface area contributed by atoms with E-state index in [2.05, 4.69) is 27.0 Å². The van der Waals surface area contributed by atoms with Crippen LogP contribution >= 0.6 is 11.3 Å². The van der Waals surface area contributed by atoms with Crippen molar-refractivity contribution < 1.29 is 19.8 Å². The van der Waals surface area contributed by atoms with E-state index in [0.29, 0.717) is 41.6 Å². The Morgan fingerprint density at radius 1 is 1.33 bits per heavy atom. The van der Waals surface area contributed by atoms with Gasteiger partial charge in [-0.15, -0.1) is 0 Å². The van der Waals surface area contributed by atoms with E-state index in [0.717, 1.165) is 11.3 Å². The van der Waals surface area contributed by atoms with Gasteiger partial charge in [0.05, 0.1) is 17.8 Å². The van der Waals surface area contributed by atoms with Crippen LogP contribution in [0.5, 0.6) is 0 Å². The van der Waals surface area contributed by atoms with E-state index in [-0.39, 0.29) is 0 Å². The number of aliphatic hydroxyl groups excluding tert-OH is 2. The van der Waals surface area contributed by atoms with Gasteiger partial charge in [0, 0.05) is 25.8 Å². The number of carbonyl (C=O) groups excluding carboxylic acids is 2. The summed E-state index contributed by atoms with van der Waals surface area (Å²) in [7, 11) is 1.69. The molecule has 1 aliphatic rings. The normalized spacial score (nSPS) is 17.9. The van der Waals surface area contributed by atoms with Crippen LogP contribution in [0.4, 0.5) is 10.8 Å². The molecule has 0 bridgehead atoms. The molecule has 0 spiro atoms. The largest absolute Gasteiger partial charge is 0.380 e. The maximum Gasteiger partial charge on any atom is 0.255 e. The number of hydrogen-bond donors (Lipinski definition) is 6. The number of benzene rings is 1. The van der Waals surface area contributed by atoms with E-state index in [1.165, 1.54) is 16.2 Å². The van der Waals surface area contributed by atoms with Crippen LogP contribution in [0.1, 0.15) is 48.0 Å². The van der Waals surface area contributed by atoms with Crippen molar-refractivity contribution in [3.8, 4) is 6.07 Å². The second kappa shape index (κ2) is 12.5. The number of nitrogens with two attached hydrogens (primary N) is 1. The fraction of sp³-hybridized carbons (Fsp3) is 0.417. The topological polar surface area (TPSA) is 177 Å². The molecule has 1 fully saturated rings. The van der Waals surface area contributed by atoms with Crippen molar-refractivity contribution >= 4 is 34.0 Å². The zero-order valence-electron chi connectivity index (χ0n) is 20.1. The predicted molar refractivity (Wildman–Crippen MR) is 137 cm³/mol. The molecular weight excluding hydrogens is 482 g/mol. The molecule has 0 radical (unpaired) electrons. The number of nitrogens with one attached hydrogen (secondary N) is 3. The molecule has 36 heavy (non-hydrogen) atoms. The second-order valence-electron chi connectivity index (χ2n) is 8.31. The number of anilines is 2. The van der Waals surface area contributed by atoms with Crippen molar-refractivity contribution in [2.75, 3.05) is 30.8 Å². The number of aromatic nitrogens is 1. The monoisotopic (exact) mass is 513 g/mol. The van der Waals surface area contributed by atoms with Crippen molar-refractivity contribution in [2.24, 2.45) is 5.73 Å². The van der Waals surface area contributed by atoms with Gasteiger partial charge in [-0.1, -0.05) is 29.5 Å². The molecule has 0 unspecified atom stereocenters. The van der Waals surface area contributed by atoms with E-state index in [1.54, 1.807) is 26.2 Å². The van der Waals surface area contributed by atoms with E-state index in [4.69, 9.17) is 5.73 Å². The number of amides is 2. The van der Waals surface area contributed by atoms with Crippen LogP contribution in [0.25, 0.3) is 0 Å². The van der Waals surface area contributed by atoms with Gasteiger partial charge in [0.25, 0.3) is 11.8 Å². The van der Waals surface area contributed by atoms with Gasteiger partial charge in [-0.3, -0.25) is 9.59 Å². The number of rotatable bonds is 10. The first-order chi connectivity index (χ1) is 17.3. The van der Waals surface area contributed by atoms with Gasteiger partial charge < -0.3 is 36.8 Å². The minimum Gasteiger partial charge on any atom is -0.380 e. The van der Waals surface area contributed by atoms with E-state index >= 15 is 0 Å². The Hall–Kier alpha value is -3.50. The molecule has 2 heterocycles. The number of nitriles is 1. The molecule has 2 aromatic rings. The Morgan fingerprint density at radius 3 is 2.69 bits per heavy atom. The van der Waals surface area contributed by atoms with Gasteiger partial charge in [-0.05, 0) is 43.7 Å². The lowest BCUT2D eigenvalue weighted by molar-refractivity contribution is -0.154. The van der Waals surface area contributed by atoms with Crippen LogP contribution in [-0.4, -0.2) is 64.3 Å². The maximum absolute atomic E-state index is 13.0. The molecule has 2 amide bonds. The van der Waals surface area contributed by atoms with Crippen LogP contribution in [-0.2, 0) is 9.59 Å². The highest BCUT2D eigenvalue weighted by Gasteiger charge is 2.40. The quantitative estimate of drug-likeness (QED) is 0.272. The third kappa shape index (κ3) is 6.19. The molecule has 4 atom stereocenters. The summed E-state index contributed by atoms with van der Waals surface area (Å²) in [6.07, 6.45) is 0.802. The first-order valence-corrected chi connectivity index (χ1v) is 12.4. The minimum absolute atomic E-state index is 0.323. The number of nitrogens with zero attached hydrogens (tertiary/aromatic N) is 3. The standard InChI is InChI=1S/C24H31N7O4S/c1-14(15-6-8-16(9-7-15)28-11-4-10-25)29-22(34)20(32)21(33)23(35)31-12-3-5-17(31)19-18(13-26)36-24(27-2)30-19/h4,6-9,11,14,17,20-21,28,32-33H,3,5,10,12,25H2,1-2H3,(H,27,30)(H,29,34)/b11-4-/t14-,17-,20-,21-/m1/s1. The highest BCUT2D eigenvalue weighted by Crippen LogP contribution is 2.37. The summed E-state index contributed by atoms with van der Waals surface area (Å²) in [4.78, 5) is 31.8. The molecule has 1 saturated heterocycles. The summed E-state index contributed by atoms with van der Waals surface area (Å²) >= 11 is 1.18. The van der Waals surface area contributed by atoms with E-state index in [1.807, 2.05) is 24.3 Å². The van der Waals surface area contributed by atoms with Crippen molar-refractivity contribution in [1.82, 2.24) is 15.2 Å². The highest BCUT2D eigenvalue weighted by molar-refractivity contribution is 7.16. The van der Waals surface area contributed by atoms with Crippen LogP contribution in [0.3, 0.4) is 0 Å². The molecule has 1 aromatic heterocycles. The van der Waals surface area contributed by atoms with Gasteiger partial charge in [-0.2, -0.15) is 5.26 Å². The molecule has 7 N–H and O–H groups in total. The zero-order chi connectivity index (χ0) is 26.2. The number of likely N-dealkylation sites (tertiary alicyclic amines) is 1. The Morgan fingerprint density at radius 2 is 2.06 bits per heavy atom. The molecule has 12 heteroatoms. The zero-order valence-corrected chi connectivity index (χ0v) is 21.0. The molecular formula is C24H31N7O4S. The fourth-order valence-corrected chi connectivity index (χ4v) is 4.75. The maximum atomic E-state index is 13.0. The Bertz CT molecular complexity index is 1130. The van der Waals surface area contributed by atoms with E-state index < -0.39 is 36.1 Å². The summed E-state index contributed by atoms with van der Waals surface area (Å²) in [5.41, 5.74) is 7.47. The van der Waals surface area contributed by atoms with Gasteiger partial charge in [0.15, 0.2) is 17.3 Å². The molecule has 3 rings (SSSR count). The van der Waals surface area contributed by atoms with Crippen LogP contribution in [0.2, 0.25) is 0 Å². The fourth-order valence-electron chi connectivity index (χ4n) is 3.98. The molecule has 1 aromatic carbocycles. The first kappa shape index (κ1) is 27.1. The summed E-state index contributed by atoms with van der Waals surface area (Å²) in [5.74, 6) is -1.65. The molecule has 1 aliphatic heterocycles. The lowest BCUT2D eigenvalue weighted by atomic mass is 10.1. The van der Waals surface area contributed by atoms with Crippen molar-refractivity contribution in [3.63, 3.8) is 0 Å². The average molecular weight is 514 g/mol. The highest BCUT2D eigenvalue weighted by atomic mass is 32.1. The SMILES string of the molecule is CNc1nc([C@H]2CCCN2C(=O)[C@H](O)[C@@H](O)C(=O)N[C@H](C)c2ccc(N/C=C\CN)cc2)c(C#N)s1. The van der Waals surface area contributed by atoms with Crippen LogP contribution < -0.4 is 21.7 Å². The third-order valence-corrected chi connectivity index (χ3v) is 6.91. The van der Waals surface area contributed by atoms with Crippen molar-refractivity contribution in [1.29, 1.82) is 5.26 Å². The first-order valence-electron chi connectivity index (χ1n) is 11.6. The summed E-state index contributed by atoms with van der Waals surface area (Å²) in [6.45, 7) is 2.48. The predicted octanol–water partition coefficient (Wildman–Crippen LogP) is 1.20. The summed E-state index contributed by atoms with van der Waals surface area (Å²) in [6, 6.07) is 8.39. The molecule has 0 aliphatic carbocycles. The Labute approximate surface area is 213 Å². The van der Waals surface area contributed by atoms with Gasteiger partial charge in [0.2, 0.25) is 0 Å². The van der Waals surface area contributed by atoms with Crippen molar-refractivity contribution in [2.45, 2.75) is 44.1 Å². The molecule has 192 valence electrons. The minimum atomic E-state index is -1.96. The Balaban J connectivity index is 1.63. The third-order valence-electron chi connectivity index (χ3n) is 5.91. The Kier molecular flexibility index (Phi) is 9.38. The van der Waals surface area contributed by atoms with Crippen LogP contribution in [0.15, 0.2) is 36.5 Å². The summed E-state index contributed by atoms with van der Waals surface area (Å²) in [5, 5.41) is 39.6. The number of carbonyl (C=O) groups is 2. The molecule has 11 nitrogen and oxygen atoms in total. The van der Waals surface area contributed by atoms with E-state index in [9.17, 15) is 25.1 Å². The number of thiazole rings is 1. The number of hydrogen-bond acceptors (Lipinski definition) is 10. The summed E-state index contributed by atoms with van der Waals surface area (Å²) < 4.78 is 0. The average Bonchev–Trinajstić information content (AvgIpc) is 3.54. The van der Waals surface area contributed by atoms with Crippen LogP contribution in [0, 0.1) is 11.3 Å². The van der Waals surface area contributed by atoms with Gasteiger partial charge in [0.1, 0.15) is 10.9 Å².